The summed E-state index contributed by atoms with van der Waals surface area (Å²) in [6.07, 6.45) is 0. The highest BCUT2D eigenvalue weighted by molar-refractivity contribution is 5.99. The maximum Gasteiger partial charge on any atom is 0.218 e. The first-order valence-electron chi connectivity index (χ1n) is 5.24. The molecular weight excluding hydrogens is 188 g/mol. The highest BCUT2D eigenvalue weighted by Crippen LogP contribution is 2.20. The normalized spacial score (nSPS) is 20.2. The van der Waals surface area contributed by atoms with Crippen LogP contribution in [0.1, 0.15) is 19.4 Å². The van der Waals surface area contributed by atoms with Crippen molar-refractivity contribution in [3.8, 4) is 0 Å². The second-order valence-corrected chi connectivity index (χ2v) is 4.14. The van der Waals surface area contributed by atoms with Gasteiger partial charge in [-0.05, 0) is 18.1 Å². The summed E-state index contributed by atoms with van der Waals surface area (Å²) < 4.78 is 5.56. The molecule has 0 fully saturated rings. The summed E-state index contributed by atoms with van der Waals surface area (Å²) in [5, 5.41) is 0. The van der Waals surface area contributed by atoms with E-state index in [1.807, 2.05) is 24.3 Å². The van der Waals surface area contributed by atoms with Gasteiger partial charge in [0.2, 0.25) is 5.90 Å². The Hall–Kier alpha value is -1.51. The van der Waals surface area contributed by atoms with Crippen molar-refractivity contribution in [2.75, 3.05) is 12.3 Å². The molecule has 0 saturated carbocycles. The molecule has 0 aromatic heterocycles. The van der Waals surface area contributed by atoms with Crippen LogP contribution in [0.4, 0.5) is 5.69 Å². The van der Waals surface area contributed by atoms with Crippen molar-refractivity contribution in [3.63, 3.8) is 0 Å². The Morgan fingerprint density at radius 3 is 2.73 bits per heavy atom. The van der Waals surface area contributed by atoms with E-state index in [0.29, 0.717) is 18.4 Å². The first kappa shape index (κ1) is 10.0. The molecule has 3 heteroatoms. The van der Waals surface area contributed by atoms with Gasteiger partial charge in [-0.25, -0.2) is 4.99 Å². The standard InChI is InChI=1S/C12H16N2O/c1-8(2)11-7-15-12(14-11)9-5-3-4-6-10(9)13/h3-6,8,11H,7,13H2,1-2H3/t11-/m1/s1. The Kier molecular flexibility index (Phi) is 2.62. The molecule has 0 bridgehead atoms. The van der Waals surface area contributed by atoms with Crippen molar-refractivity contribution in [1.29, 1.82) is 0 Å². The van der Waals surface area contributed by atoms with E-state index >= 15 is 0 Å². The van der Waals surface area contributed by atoms with Crippen molar-refractivity contribution in [1.82, 2.24) is 0 Å². The van der Waals surface area contributed by atoms with Crippen LogP contribution < -0.4 is 5.73 Å². The molecule has 1 aliphatic heterocycles. The summed E-state index contributed by atoms with van der Waals surface area (Å²) >= 11 is 0. The molecule has 0 saturated heterocycles. The summed E-state index contributed by atoms with van der Waals surface area (Å²) in [7, 11) is 0. The highest BCUT2D eigenvalue weighted by Gasteiger charge is 2.23. The van der Waals surface area contributed by atoms with Gasteiger partial charge in [0.15, 0.2) is 0 Å². The average molecular weight is 204 g/mol. The van der Waals surface area contributed by atoms with Crippen LogP contribution in [0, 0.1) is 5.92 Å². The number of anilines is 1. The molecule has 0 spiro atoms. The third-order valence-electron chi connectivity index (χ3n) is 2.63. The van der Waals surface area contributed by atoms with Gasteiger partial charge in [-0.1, -0.05) is 26.0 Å². The topological polar surface area (TPSA) is 47.6 Å². The number of benzene rings is 1. The van der Waals surface area contributed by atoms with E-state index in [2.05, 4.69) is 18.8 Å². The quantitative estimate of drug-likeness (QED) is 0.750. The molecule has 3 nitrogen and oxygen atoms in total. The van der Waals surface area contributed by atoms with Crippen LogP contribution >= 0.6 is 0 Å². The molecule has 0 aliphatic carbocycles. The maximum atomic E-state index is 5.86. The predicted molar refractivity (Wildman–Crippen MR) is 62.0 cm³/mol. The van der Waals surface area contributed by atoms with E-state index < -0.39 is 0 Å². The van der Waals surface area contributed by atoms with Gasteiger partial charge in [0.05, 0.1) is 11.6 Å². The molecule has 1 atom stereocenters. The summed E-state index contributed by atoms with van der Waals surface area (Å²) in [4.78, 5) is 4.53. The van der Waals surface area contributed by atoms with E-state index in [1.165, 1.54) is 0 Å². The number of nitrogens with two attached hydrogens (primary N) is 1. The van der Waals surface area contributed by atoms with Crippen LogP contribution in [0.15, 0.2) is 29.3 Å². The van der Waals surface area contributed by atoms with E-state index in [0.717, 1.165) is 11.3 Å². The number of nitrogens with zero attached hydrogens (tertiary/aromatic N) is 1. The minimum atomic E-state index is 0.264. The first-order valence-corrected chi connectivity index (χ1v) is 5.24. The number of ether oxygens (including phenoxy) is 1. The predicted octanol–water partition coefficient (Wildman–Crippen LogP) is 2.07. The lowest BCUT2D eigenvalue weighted by atomic mass is 10.1. The van der Waals surface area contributed by atoms with Gasteiger partial charge in [0.25, 0.3) is 0 Å². The molecule has 2 N–H and O–H groups in total. The molecular formula is C12H16N2O. The molecule has 1 heterocycles. The van der Waals surface area contributed by atoms with Crippen LogP contribution in [0.2, 0.25) is 0 Å². The summed E-state index contributed by atoms with van der Waals surface area (Å²) in [5.41, 5.74) is 7.49. The number of para-hydroxylation sites is 1. The third-order valence-corrected chi connectivity index (χ3v) is 2.63. The highest BCUT2D eigenvalue weighted by atomic mass is 16.5. The van der Waals surface area contributed by atoms with Gasteiger partial charge in [-0.2, -0.15) is 0 Å². The molecule has 80 valence electrons. The van der Waals surface area contributed by atoms with E-state index in [1.54, 1.807) is 0 Å². The number of hydrogen-bond donors (Lipinski definition) is 1. The van der Waals surface area contributed by atoms with Crippen molar-refractivity contribution in [2.45, 2.75) is 19.9 Å². The fourth-order valence-electron chi connectivity index (χ4n) is 1.57. The minimum absolute atomic E-state index is 0.264. The summed E-state index contributed by atoms with van der Waals surface area (Å²) in [5.74, 6) is 1.19. The second-order valence-electron chi connectivity index (χ2n) is 4.14. The lowest BCUT2D eigenvalue weighted by molar-refractivity contribution is 0.292. The average Bonchev–Trinajstić information content (AvgIpc) is 2.67. The summed E-state index contributed by atoms with van der Waals surface area (Å²) in [6, 6.07) is 7.93. The molecule has 1 aromatic rings. The van der Waals surface area contributed by atoms with Crippen molar-refractivity contribution in [2.24, 2.45) is 10.9 Å². The smallest absolute Gasteiger partial charge is 0.218 e. The van der Waals surface area contributed by atoms with Gasteiger partial charge < -0.3 is 10.5 Å². The molecule has 2 rings (SSSR count). The van der Waals surface area contributed by atoms with E-state index in [-0.39, 0.29) is 6.04 Å². The lowest BCUT2D eigenvalue weighted by Gasteiger charge is -2.06. The van der Waals surface area contributed by atoms with Gasteiger partial charge >= 0.3 is 0 Å². The van der Waals surface area contributed by atoms with Crippen molar-refractivity contribution in [3.05, 3.63) is 29.8 Å². The molecule has 0 amide bonds. The third kappa shape index (κ3) is 1.96. The Morgan fingerprint density at radius 1 is 1.40 bits per heavy atom. The Bertz CT molecular complexity index is 385. The lowest BCUT2D eigenvalue weighted by Crippen LogP contribution is -2.13. The fourth-order valence-corrected chi connectivity index (χ4v) is 1.57. The number of hydrogen-bond acceptors (Lipinski definition) is 3. The zero-order chi connectivity index (χ0) is 10.8. The zero-order valence-electron chi connectivity index (χ0n) is 9.10. The Labute approximate surface area is 90.0 Å². The minimum Gasteiger partial charge on any atom is -0.475 e. The van der Waals surface area contributed by atoms with Gasteiger partial charge in [-0.15, -0.1) is 0 Å². The van der Waals surface area contributed by atoms with Crippen LogP contribution in [-0.4, -0.2) is 18.5 Å². The SMILES string of the molecule is CC(C)[C@H]1COC(c2ccccc2N)=N1. The molecule has 1 aromatic carbocycles. The van der Waals surface area contributed by atoms with Crippen LogP contribution in [0.3, 0.4) is 0 Å². The summed E-state index contributed by atoms with van der Waals surface area (Å²) in [6.45, 7) is 4.96. The van der Waals surface area contributed by atoms with Crippen molar-refractivity contribution < 1.29 is 4.74 Å². The molecule has 15 heavy (non-hydrogen) atoms. The Balaban J connectivity index is 2.27. The second kappa shape index (κ2) is 3.93. The van der Waals surface area contributed by atoms with Gasteiger partial charge in [0.1, 0.15) is 6.61 Å². The molecule has 1 aliphatic rings. The van der Waals surface area contributed by atoms with E-state index in [9.17, 15) is 0 Å². The van der Waals surface area contributed by atoms with Crippen molar-refractivity contribution >= 4 is 11.6 Å². The first-order chi connectivity index (χ1) is 7.18. The Morgan fingerprint density at radius 2 is 2.13 bits per heavy atom. The van der Waals surface area contributed by atoms with Crippen LogP contribution in [0.5, 0.6) is 0 Å². The molecule has 0 radical (unpaired) electrons. The monoisotopic (exact) mass is 204 g/mol. The van der Waals surface area contributed by atoms with E-state index in [4.69, 9.17) is 10.5 Å². The number of nitrogen functional groups attached to an aromatic ring is 1. The number of aliphatic imine (C=N–C) groups is 1. The fraction of sp³-hybridized carbons (Fsp3) is 0.417. The maximum absolute atomic E-state index is 5.86. The number of rotatable bonds is 2. The van der Waals surface area contributed by atoms with Gasteiger partial charge in [-0.3, -0.25) is 0 Å². The van der Waals surface area contributed by atoms with Crippen LogP contribution in [-0.2, 0) is 4.74 Å². The largest absolute Gasteiger partial charge is 0.475 e. The zero-order valence-corrected chi connectivity index (χ0v) is 9.10. The van der Waals surface area contributed by atoms with Crippen LogP contribution in [0.25, 0.3) is 0 Å². The molecule has 0 unspecified atom stereocenters. The van der Waals surface area contributed by atoms with Gasteiger partial charge in [0, 0.05) is 5.69 Å².